The molecule has 8 nitrogen and oxygen atoms in total. The lowest BCUT2D eigenvalue weighted by molar-refractivity contribution is -0.124. The average Bonchev–Trinajstić information content (AvgIpc) is 3.30. The van der Waals surface area contributed by atoms with Gasteiger partial charge in [-0.3, -0.25) is 9.59 Å². The number of alkyl carbamates (subject to hydrolysis) is 1. The van der Waals surface area contributed by atoms with E-state index in [-0.39, 0.29) is 30.1 Å². The highest BCUT2D eigenvalue weighted by atomic mass is 16.5. The Morgan fingerprint density at radius 2 is 1.46 bits per heavy atom. The van der Waals surface area contributed by atoms with Crippen LogP contribution >= 0.6 is 0 Å². The average molecular weight is 555 g/mol. The second-order valence-corrected chi connectivity index (χ2v) is 10.9. The number of aryl methyl sites for hydroxylation is 1. The number of hydrogen-bond acceptors (Lipinski definition) is 5. The van der Waals surface area contributed by atoms with E-state index in [1.807, 2.05) is 76.2 Å². The van der Waals surface area contributed by atoms with Gasteiger partial charge < -0.3 is 15.4 Å². The lowest BCUT2D eigenvalue weighted by atomic mass is 9.90. The van der Waals surface area contributed by atoms with Crippen LogP contribution < -0.4 is 16.1 Å². The van der Waals surface area contributed by atoms with Crippen LogP contribution in [0.1, 0.15) is 55.9 Å². The Balaban J connectivity index is 1.36. The van der Waals surface area contributed by atoms with Crippen LogP contribution in [0.3, 0.4) is 0 Å². The van der Waals surface area contributed by atoms with Crippen molar-refractivity contribution >= 4 is 23.6 Å². The molecule has 0 unspecified atom stereocenters. The van der Waals surface area contributed by atoms with E-state index >= 15 is 0 Å². The van der Waals surface area contributed by atoms with E-state index < -0.39 is 23.9 Å². The molecule has 0 saturated heterocycles. The predicted octanol–water partition coefficient (Wildman–Crippen LogP) is 5.30. The van der Waals surface area contributed by atoms with Gasteiger partial charge in [-0.25, -0.2) is 10.2 Å². The number of nitrogens with one attached hydrogen (secondary N) is 3. The minimum absolute atomic E-state index is 0.0857. The first-order chi connectivity index (χ1) is 19.7. The smallest absolute Gasteiger partial charge is 0.407 e. The molecule has 3 aromatic carbocycles. The van der Waals surface area contributed by atoms with Crippen molar-refractivity contribution in [3.8, 4) is 11.1 Å². The van der Waals surface area contributed by atoms with E-state index in [9.17, 15) is 14.4 Å². The summed E-state index contributed by atoms with van der Waals surface area (Å²) in [5.74, 6) is -1.15. The molecule has 0 aromatic heterocycles. The lowest BCUT2D eigenvalue weighted by Crippen LogP contribution is -2.51. The standard InChI is InChI=1S/C33H38N4O4/c1-20(2)22(4)30(32(39)37-36-23(5)31(38)34-18-24-16-14-21(3)15-17-24)35-33(40)41-19-29-27-12-8-6-10-25(27)26-11-7-9-13-28(26)29/h6-17,20,22,29-30H,18-19H2,1-5H3,(H,34,38)(H,35,40)(H,37,39)/b36-23-/t22-,30-/m0/s1. The van der Waals surface area contributed by atoms with E-state index in [1.165, 1.54) is 6.92 Å². The summed E-state index contributed by atoms with van der Waals surface area (Å²) in [5.41, 5.74) is 9.14. The topological polar surface area (TPSA) is 109 Å². The number of rotatable bonds is 10. The van der Waals surface area contributed by atoms with Crippen LogP contribution in [-0.2, 0) is 20.9 Å². The van der Waals surface area contributed by atoms with Crippen molar-refractivity contribution in [3.05, 3.63) is 95.1 Å². The minimum Gasteiger partial charge on any atom is -0.449 e. The summed E-state index contributed by atoms with van der Waals surface area (Å²) in [7, 11) is 0. The molecule has 3 N–H and O–H groups in total. The number of carbonyl (C=O) groups is 3. The largest absolute Gasteiger partial charge is 0.449 e. The molecule has 214 valence electrons. The molecule has 0 bridgehead atoms. The number of fused-ring (bicyclic) bond motifs is 3. The van der Waals surface area contributed by atoms with Crippen LogP contribution in [0.25, 0.3) is 11.1 Å². The first-order valence-electron chi connectivity index (χ1n) is 13.9. The van der Waals surface area contributed by atoms with Crippen molar-refractivity contribution in [3.63, 3.8) is 0 Å². The molecular weight excluding hydrogens is 516 g/mol. The third kappa shape index (κ3) is 7.20. The number of benzene rings is 3. The van der Waals surface area contributed by atoms with E-state index in [0.717, 1.165) is 33.4 Å². The highest BCUT2D eigenvalue weighted by Gasteiger charge is 2.32. The van der Waals surface area contributed by atoms with Crippen molar-refractivity contribution in [2.75, 3.05) is 6.61 Å². The number of hydrogen-bond donors (Lipinski definition) is 3. The van der Waals surface area contributed by atoms with Gasteiger partial charge in [-0.15, -0.1) is 0 Å². The monoisotopic (exact) mass is 554 g/mol. The number of nitrogens with zero attached hydrogens (tertiary/aromatic N) is 1. The maximum Gasteiger partial charge on any atom is 0.407 e. The molecule has 0 fully saturated rings. The molecule has 8 heteroatoms. The van der Waals surface area contributed by atoms with Gasteiger partial charge in [0.25, 0.3) is 11.8 Å². The number of carbonyl (C=O) groups excluding carboxylic acids is 3. The molecule has 0 spiro atoms. The highest BCUT2D eigenvalue weighted by molar-refractivity contribution is 6.37. The number of hydrazone groups is 1. The predicted molar refractivity (Wildman–Crippen MR) is 160 cm³/mol. The summed E-state index contributed by atoms with van der Waals surface area (Å²) >= 11 is 0. The van der Waals surface area contributed by atoms with Gasteiger partial charge in [0.05, 0.1) is 0 Å². The summed E-state index contributed by atoms with van der Waals surface area (Å²) in [4.78, 5) is 38.6. The van der Waals surface area contributed by atoms with Gasteiger partial charge in [0.2, 0.25) is 0 Å². The third-order valence-corrected chi connectivity index (χ3v) is 7.71. The van der Waals surface area contributed by atoms with Crippen LogP contribution in [0.15, 0.2) is 77.9 Å². The molecule has 1 aliphatic rings. The fourth-order valence-corrected chi connectivity index (χ4v) is 4.86. The summed E-state index contributed by atoms with van der Waals surface area (Å²) < 4.78 is 5.67. The highest BCUT2D eigenvalue weighted by Crippen LogP contribution is 2.44. The minimum atomic E-state index is -0.905. The molecule has 0 saturated carbocycles. The summed E-state index contributed by atoms with van der Waals surface area (Å²) in [6.07, 6.45) is -0.684. The summed E-state index contributed by atoms with van der Waals surface area (Å²) in [6, 6.07) is 23.1. The van der Waals surface area contributed by atoms with Crippen molar-refractivity contribution in [1.29, 1.82) is 0 Å². The Kier molecular flexibility index (Phi) is 9.55. The third-order valence-electron chi connectivity index (χ3n) is 7.71. The van der Waals surface area contributed by atoms with Gasteiger partial charge in [-0.1, -0.05) is 99.1 Å². The molecular formula is C33H38N4O4. The molecule has 1 aliphatic carbocycles. The fourth-order valence-electron chi connectivity index (χ4n) is 4.86. The molecule has 0 radical (unpaired) electrons. The van der Waals surface area contributed by atoms with Crippen molar-refractivity contribution in [1.82, 2.24) is 16.1 Å². The molecule has 2 atom stereocenters. The molecule has 3 aromatic rings. The van der Waals surface area contributed by atoms with Gasteiger partial charge in [0.1, 0.15) is 18.4 Å². The quantitative estimate of drug-likeness (QED) is 0.233. The Hall–Kier alpha value is -4.46. The summed E-state index contributed by atoms with van der Waals surface area (Å²) in [6.45, 7) is 9.82. The molecule has 0 aliphatic heterocycles. The zero-order valence-corrected chi connectivity index (χ0v) is 24.2. The van der Waals surface area contributed by atoms with Gasteiger partial charge in [0, 0.05) is 12.5 Å². The maximum absolute atomic E-state index is 13.1. The van der Waals surface area contributed by atoms with Gasteiger partial charge >= 0.3 is 6.09 Å². The van der Waals surface area contributed by atoms with Gasteiger partial charge in [0.15, 0.2) is 0 Å². The van der Waals surface area contributed by atoms with Crippen LogP contribution in [0, 0.1) is 18.8 Å². The molecule has 0 heterocycles. The lowest BCUT2D eigenvalue weighted by Gasteiger charge is -2.26. The Labute approximate surface area is 241 Å². The van der Waals surface area contributed by atoms with Crippen molar-refractivity contribution < 1.29 is 19.1 Å². The van der Waals surface area contributed by atoms with Crippen molar-refractivity contribution in [2.24, 2.45) is 16.9 Å². The second-order valence-electron chi connectivity index (χ2n) is 10.9. The molecule has 4 rings (SSSR count). The number of ether oxygens (including phenoxy) is 1. The van der Waals surface area contributed by atoms with Crippen LogP contribution in [0.5, 0.6) is 0 Å². The Bertz CT molecular complexity index is 1390. The van der Waals surface area contributed by atoms with E-state index in [0.29, 0.717) is 6.54 Å². The molecule has 41 heavy (non-hydrogen) atoms. The Morgan fingerprint density at radius 3 is 2.05 bits per heavy atom. The first kappa shape index (κ1) is 29.5. The number of amides is 3. The second kappa shape index (κ2) is 13.3. The van der Waals surface area contributed by atoms with E-state index in [4.69, 9.17) is 4.74 Å². The van der Waals surface area contributed by atoms with E-state index in [2.05, 4.69) is 45.4 Å². The van der Waals surface area contributed by atoms with Gasteiger partial charge in [-0.2, -0.15) is 5.10 Å². The SMILES string of the molecule is C/C(=N/NC(=O)[C@@H](NC(=O)OCC1c2ccccc2-c2ccccc21)[C@@H](C)C(C)C)C(=O)NCc1ccc(C)cc1. The zero-order valence-electron chi connectivity index (χ0n) is 24.2. The van der Waals surface area contributed by atoms with Gasteiger partial charge in [-0.05, 0) is 53.5 Å². The summed E-state index contributed by atoms with van der Waals surface area (Å²) in [5, 5.41) is 9.51. The van der Waals surface area contributed by atoms with Crippen LogP contribution in [0.4, 0.5) is 4.79 Å². The fraction of sp³-hybridized carbons (Fsp3) is 0.333. The normalized spacial score (nSPS) is 14.0. The Morgan fingerprint density at radius 1 is 0.878 bits per heavy atom. The molecule has 3 amide bonds. The van der Waals surface area contributed by atoms with Crippen molar-refractivity contribution in [2.45, 2.75) is 53.1 Å². The van der Waals surface area contributed by atoms with E-state index in [1.54, 1.807) is 0 Å². The first-order valence-corrected chi connectivity index (χ1v) is 13.9. The maximum atomic E-state index is 13.1. The van der Waals surface area contributed by atoms with Crippen LogP contribution in [0.2, 0.25) is 0 Å². The van der Waals surface area contributed by atoms with Crippen LogP contribution in [-0.4, -0.2) is 36.3 Å². The zero-order chi connectivity index (χ0) is 29.5.